The van der Waals surface area contributed by atoms with Crippen LogP contribution in [-0.4, -0.2) is 35.7 Å². The van der Waals surface area contributed by atoms with E-state index < -0.39 is 0 Å². The molecule has 0 radical (unpaired) electrons. The van der Waals surface area contributed by atoms with Crippen molar-refractivity contribution in [3.05, 3.63) is 12.3 Å². The molecule has 0 spiro atoms. The largest absolute Gasteiger partial charge is 0.382 e. The summed E-state index contributed by atoms with van der Waals surface area (Å²) in [5, 5.41) is 16.9. The van der Waals surface area contributed by atoms with E-state index in [1.54, 1.807) is 17.8 Å². The zero-order valence-electron chi connectivity index (χ0n) is 9.94. The van der Waals surface area contributed by atoms with Gasteiger partial charge in [-0.1, -0.05) is 11.8 Å². The number of nitrogen functional groups attached to an aromatic ring is 1. The van der Waals surface area contributed by atoms with Gasteiger partial charge in [0.25, 0.3) is 0 Å². The molecule has 0 atom stereocenters. The molecule has 0 bridgehead atoms. The zero-order valence-corrected chi connectivity index (χ0v) is 10.8. The number of tetrazole rings is 1. The van der Waals surface area contributed by atoms with Gasteiger partial charge in [-0.3, -0.25) is 4.68 Å². The molecule has 0 aliphatic heterocycles. The van der Waals surface area contributed by atoms with Gasteiger partial charge < -0.3 is 5.73 Å². The second-order valence-corrected chi connectivity index (χ2v) is 5.40. The lowest BCUT2D eigenvalue weighted by Crippen LogP contribution is -2.02. The fourth-order valence-corrected chi connectivity index (χ4v) is 2.59. The van der Waals surface area contributed by atoms with Crippen molar-refractivity contribution in [3.8, 4) is 0 Å². The molecule has 1 aliphatic rings. The molecule has 18 heavy (non-hydrogen) atoms. The van der Waals surface area contributed by atoms with E-state index in [0.717, 1.165) is 23.9 Å². The second kappa shape index (κ2) is 4.97. The first kappa shape index (κ1) is 11.5. The summed E-state index contributed by atoms with van der Waals surface area (Å²) in [6.45, 7) is 0.870. The summed E-state index contributed by atoms with van der Waals surface area (Å²) in [5.41, 5.74) is 5.55. The minimum Gasteiger partial charge on any atom is -0.382 e. The Morgan fingerprint density at radius 3 is 3.06 bits per heavy atom. The van der Waals surface area contributed by atoms with Crippen molar-refractivity contribution in [1.29, 1.82) is 0 Å². The number of nitrogens with two attached hydrogens (primary N) is 1. The molecule has 1 saturated carbocycles. The van der Waals surface area contributed by atoms with Gasteiger partial charge in [0.2, 0.25) is 5.16 Å². The molecule has 96 valence electrons. The Bertz CT molecular complexity index is 516. The fraction of sp³-hybridized carbons (Fsp3) is 0.600. The van der Waals surface area contributed by atoms with Crippen LogP contribution < -0.4 is 5.73 Å². The van der Waals surface area contributed by atoms with Crippen molar-refractivity contribution >= 4 is 17.6 Å². The summed E-state index contributed by atoms with van der Waals surface area (Å²) >= 11 is 1.70. The van der Waals surface area contributed by atoms with Gasteiger partial charge in [-0.2, -0.15) is 5.10 Å². The SMILES string of the molecule is Nc1ccn(CCCSc2nnnn2C2CC2)n1. The van der Waals surface area contributed by atoms with Gasteiger partial charge >= 0.3 is 0 Å². The number of nitrogens with zero attached hydrogens (tertiary/aromatic N) is 6. The third-order valence-electron chi connectivity index (χ3n) is 2.78. The molecule has 0 aromatic carbocycles. The highest BCUT2D eigenvalue weighted by molar-refractivity contribution is 7.99. The summed E-state index contributed by atoms with van der Waals surface area (Å²) in [6.07, 6.45) is 5.31. The van der Waals surface area contributed by atoms with Gasteiger partial charge in [0, 0.05) is 18.5 Å². The average molecular weight is 265 g/mol. The highest BCUT2D eigenvalue weighted by Crippen LogP contribution is 2.36. The summed E-state index contributed by atoms with van der Waals surface area (Å²) < 4.78 is 3.80. The quantitative estimate of drug-likeness (QED) is 0.618. The number of hydrogen-bond acceptors (Lipinski definition) is 6. The van der Waals surface area contributed by atoms with Gasteiger partial charge in [0.15, 0.2) is 0 Å². The Labute approximate surface area is 109 Å². The molecule has 2 aromatic rings. The van der Waals surface area contributed by atoms with E-state index in [0.29, 0.717) is 11.9 Å². The molecular weight excluding hydrogens is 250 g/mol. The average Bonchev–Trinajstić information content (AvgIpc) is 2.96. The maximum atomic E-state index is 5.55. The maximum absolute atomic E-state index is 5.55. The van der Waals surface area contributed by atoms with E-state index in [9.17, 15) is 0 Å². The molecule has 0 saturated heterocycles. The van der Waals surface area contributed by atoms with Crippen LogP contribution in [-0.2, 0) is 6.54 Å². The van der Waals surface area contributed by atoms with E-state index in [1.807, 2.05) is 15.6 Å². The third-order valence-corrected chi connectivity index (χ3v) is 3.80. The van der Waals surface area contributed by atoms with Crippen LogP contribution in [0.15, 0.2) is 17.4 Å². The van der Waals surface area contributed by atoms with Crippen LogP contribution in [0.3, 0.4) is 0 Å². The topological polar surface area (TPSA) is 87.4 Å². The minimum atomic E-state index is 0.536. The van der Waals surface area contributed by atoms with Crippen LogP contribution >= 0.6 is 11.8 Å². The van der Waals surface area contributed by atoms with Crippen LogP contribution in [0.25, 0.3) is 0 Å². The monoisotopic (exact) mass is 265 g/mol. The molecule has 8 heteroatoms. The van der Waals surface area contributed by atoms with Crippen LogP contribution in [0.4, 0.5) is 5.82 Å². The van der Waals surface area contributed by atoms with Crippen molar-refractivity contribution in [3.63, 3.8) is 0 Å². The lowest BCUT2D eigenvalue weighted by molar-refractivity contribution is 0.564. The minimum absolute atomic E-state index is 0.536. The Morgan fingerprint density at radius 2 is 2.33 bits per heavy atom. The molecular formula is C10H15N7S. The number of anilines is 1. The molecule has 2 N–H and O–H groups in total. The van der Waals surface area contributed by atoms with Crippen LogP contribution in [0.2, 0.25) is 0 Å². The lowest BCUT2D eigenvalue weighted by Gasteiger charge is -2.02. The summed E-state index contributed by atoms with van der Waals surface area (Å²) in [4.78, 5) is 0. The van der Waals surface area contributed by atoms with Gasteiger partial charge in [0.1, 0.15) is 5.82 Å². The molecule has 0 amide bonds. The number of aromatic nitrogens is 6. The first-order chi connectivity index (χ1) is 8.83. The predicted octanol–water partition coefficient (Wildman–Crippen LogP) is 0.969. The molecule has 3 rings (SSSR count). The first-order valence-electron chi connectivity index (χ1n) is 6.02. The molecule has 2 heterocycles. The standard InChI is InChI=1S/C10H15N7S/c11-9-4-6-16(13-9)5-1-7-18-10-12-14-15-17(10)8-2-3-8/h4,6,8H,1-3,5,7H2,(H2,11,13). The number of hydrogen-bond donors (Lipinski definition) is 1. The first-order valence-corrected chi connectivity index (χ1v) is 7.01. The molecule has 0 unspecified atom stereocenters. The Hall–Kier alpha value is -1.57. The van der Waals surface area contributed by atoms with Crippen molar-refractivity contribution in [2.45, 2.75) is 37.0 Å². The smallest absolute Gasteiger partial charge is 0.209 e. The number of rotatable bonds is 6. The van der Waals surface area contributed by atoms with E-state index in [1.165, 1.54) is 12.8 Å². The van der Waals surface area contributed by atoms with E-state index in [4.69, 9.17) is 5.73 Å². The predicted molar refractivity (Wildman–Crippen MR) is 68.1 cm³/mol. The van der Waals surface area contributed by atoms with Gasteiger partial charge in [-0.25, -0.2) is 4.68 Å². The van der Waals surface area contributed by atoms with E-state index in [-0.39, 0.29) is 0 Å². The Kier molecular flexibility index (Phi) is 3.18. The van der Waals surface area contributed by atoms with Crippen LogP contribution in [0.1, 0.15) is 25.3 Å². The van der Waals surface area contributed by atoms with Crippen molar-refractivity contribution in [1.82, 2.24) is 30.0 Å². The van der Waals surface area contributed by atoms with Gasteiger partial charge in [-0.05, 0) is 35.8 Å². The zero-order chi connectivity index (χ0) is 12.4. The third kappa shape index (κ3) is 2.63. The maximum Gasteiger partial charge on any atom is 0.209 e. The van der Waals surface area contributed by atoms with Crippen molar-refractivity contribution in [2.24, 2.45) is 0 Å². The molecule has 1 fully saturated rings. The highest BCUT2D eigenvalue weighted by atomic mass is 32.2. The number of aryl methyl sites for hydroxylation is 1. The van der Waals surface area contributed by atoms with Crippen LogP contribution in [0.5, 0.6) is 0 Å². The van der Waals surface area contributed by atoms with E-state index >= 15 is 0 Å². The normalized spacial score (nSPS) is 15.1. The van der Waals surface area contributed by atoms with Crippen molar-refractivity contribution < 1.29 is 0 Å². The van der Waals surface area contributed by atoms with Crippen molar-refractivity contribution in [2.75, 3.05) is 11.5 Å². The summed E-state index contributed by atoms with van der Waals surface area (Å²) in [5.74, 6) is 1.55. The number of thioether (sulfide) groups is 1. The van der Waals surface area contributed by atoms with Gasteiger partial charge in [-0.15, -0.1) is 5.10 Å². The summed E-state index contributed by atoms with van der Waals surface area (Å²) in [7, 11) is 0. The molecule has 7 nitrogen and oxygen atoms in total. The highest BCUT2D eigenvalue weighted by Gasteiger charge is 2.27. The van der Waals surface area contributed by atoms with Gasteiger partial charge in [0.05, 0.1) is 6.04 Å². The molecule has 1 aliphatic carbocycles. The Balaban J connectivity index is 1.45. The van der Waals surface area contributed by atoms with E-state index in [2.05, 4.69) is 20.6 Å². The van der Waals surface area contributed by atoms with Crippen LogP contribution in [0, 0.1) is 0 Å². The fourth-order valence-electron chi connectivity index (χ4n) is 1.72. The second-order valence-electron chi connectivity index (χ2n) is 4.34. The lowest BCUT2D eigenvalue weighted by atomic mass is 10.5. The molecule has 2 aromatic heterocycles. The summed E-state index contributed by atoms with van der Waals surface area (Å²) in [6, 6.07) is 2.34. The Morgan fingerprint density at radius 1 is 1.44 bits per heavy atom.